The van der Waals surface area contributed by atoms with Gasteiger partial charge in [-0.2, -0.15) is 5.10 Å². The molecule has 0 bridgehead atoms. The molecule has 3 heterocycles. The zero-order valence-electron chi connectivity index (χ0n) is 13.8. The molecule has 124 valence electrons. The molecule has 6 nitrogen and oxygen atoms in total. The molecule has 0 spiro atoms. The van der Waals surface area contributed by atoms with Crippen LogP contribution in [-0.2, 0) is 12.8 Å². The molecular formula is C17H24N4O2. The molecular weight excluding hydrogens is 292 g/mol. The molecule has 1 atom stereocenters. The Morgan fingerprint density at radius 2 is 2.39 bits per heavy atom. The lowest BCUT2D eigenvalue weighted by Crippen LogP contribution is -2.40. The number of aromatic amines is 1. The highest BCUT2D eigenvalue weighted by Gasteiger charge is 2.27. The first-order valence-corrected chi connectivity index (χ1v) is 8.41. The van der Waals surface area contributed by atoms with Crippen LogP contribution in [0, 0.1) is 12.8 Å². The van der Waals surface area contributed by atoms with E-state index in [4.69, 9.17) is 4.52 Å². The van der Waals surface area contributed by atoms with Crippen LogP contribution in [0.3, 0.4) is 0 Å². The maximum atomic E-state index is 12.6. The van der Waals surface area contributed by atoms with Gasteiger partial charge in [-0.05, 0) is 44.1 Å². The van der Waals surface area contributed by atoms with Crippen LogP contribution in [0.2, 0.25) is 0 Å². The van der Waals surface area contributed by atoms with Gasteiger partial charge in [0.15, 0.2) is 5.69 Å². The Labute approximate surface area is 136 Å². The third kappa shape index (κ3) is 3.63. The Hall–Kier alpha value is -2.11. The lowest BCUT2D eigenvalue weighted by Gasteiger charge is -2.32. The maximum Gasteiger partial charge on any atom is 0.276 e. The second kappa shape index (κ2) is 6.98. The number of aryl methyl sites for hydroxylation is 2. The third-order valence-corrected chi connectivity index (χ3v) is 4.51. The molecule has 6 heteroatoms. The topological polar surface area (TPSA) is 75.0 Å². The van der Waals surface area contributed by atoms with Crippen molar-refractivity contribution in [3.05, 3.63) is 35.0 Å². The first-order valence-electron chi connectivity index (χ1n) is 8.41. The van der Waals surface area contributed by atoms with Crippen LogP contribution < -0.4 is 0 Å². The molecule has 1 amide bonds. The van der Waals surface area contributed by atoms with E-state index in [0.29, 0.717) is 11.6 Å². The number of likely N-dealkylation sites (tertiary alicyclic amines) is 1. The van der Waals surface area contributed by atoms with Crippen molar-refractivity contribution >= 4 is 5.91 Å². The van der Waals surface area contributed by atoms with Gasteiger partial charge in [0.1, 0.15) is 5.76 Å². The van der Waals surface area contributed by atoms with Crippen molar-refractivity contribution in [3.63, 3.8) is 0 Å². The summed E-state index contributed by atoms with van der Waals surface area (Å²) in [6.45, 7) is 5.71. The summed E-state index contributed by atoms with van der Waals surface area (Å²) in [5.74, 6) is 1.24. The molecule has 0 aromatic carbocycles. The highest BCUT2D eigenvalue weighted by atomic mass is 16.5. The van der Waals surface area contributed by atoms with Crippen LogP contribution in [0.1, 0.15) is 53.7 Å². The monoisotopic (exact) mass is 316 g/mol. The summed E-state index contributed by atoms with van der Waals surface area (Å²) in [5.41, 5.74) is 2.80. The Morgan fingerprint density at radius 3 is 3.13 bits per heavy atom. The van der Waals surface area contributed by atoms with E-state index in [-0.39, 0.29) is 5.91 Å². The highest BCUT2D eigenvalue weighted by molar-refractivity contribution is 5.92. The molecule has 1 saturated heterocycles. The number of aromatic nitrogens is 3. The van der Waals surface area contributed by atoms with Gasteiger partial charge in [-0.3, -0.25) is 9.89 Å². The molecule has 1 aliphatic heterocycles. The number of nitrogens with one attached hydrogen (secondary N) is 1. The summed E-state index contributed by atoms with van der Waals surface area (Å²) in [6, 6.07) is 1.79. The number of H-pyrrole nitrogens is 1. The Balaban J connectivity index is 1.63. The van der Waals surface area contributed by atoms with Gasteiger partial charge < -0.3 is 9.42 Å². The van der Waals surface area contributed by atoms with E-state index in [1.54, 1.807) is 6.07 Å². The fraction of sp³-hybridized carbons (Fsp3) is 0.588. The minimum atomic E-state index is -0.0119. The van der Waals surface area contributed by atoms with Crippen LogP contribution >= 0.6 is 0 Å². The highest BCUT2D eigenvalue weighted by Crippen LogP contribution is 2.22. The molecule has 1 N–H and O–H groups in total. The predicted molar refractivity (Wildman–Crippen MR) is 86.2 cm³/mol. The molecule has 0 radical (unpaired) electrons. The van der Waals surface area contributed by atoms with Gasteiger partial charge in [-0.1, -0.05) is 12.1 Å². The summed E-state index contributed by atoms with van der Waals surface area (Å²) in [6.07, 6.45) is 6.77. The number of piperidine rings is 1. The number of carbonyl (C=O) groups excluding carboxylic acids is 1. The van der Waals surface area contributed by atoms with Gasteiger partial charge >= 0.3 is 0 Å². The summed E-state index contributed by atoms with van der Waals surface area (Å²) in [5, 5.41) is 11.1. The van der Waals surface area contributed by atoms with Gasteiger partial charge in [-0.25, -0.2) is 0 Å². The zero-order valence-corrected chi connectivity index (χ0v) is 13.8. The largest absolute Gasteiger partial charge is 0.361 e. The molecule has 0 unspecified atom stereocenters. The van der Waals surface area contributed by atoms with Gasteiger partial charge in [0, 0.05) is 31.3 Å². The Morgan fingerprint density at radius 1 is 1.52 bits per heavy atom. The van der Waals surface area contributed by atoms with Crippen molar-refractivity contribution in [2.75, 3.05) is 13.1 Å². The molecule has 1 aliphatic rings. The average molecular weight is 316 g/mol. The van der Waals surface area contributed by atoms with Crippen molar-refractivity contribution < 1.29 is 9.32 Å². The van der Waals surface area contributed by atoms with Gasteiger partial charge in [0.05, 0.1) is 6.20 Å². The first kappa shape index (κ1) is 15.8. The number of amides is 1. The quantitative estimate of drug-likeness (QED) is 0.920. The maximum absolute atomic E-state index is 12.6. The van der Waals surface area contributed by atoms with Crippen molar-refractivity contribution in [1.82, 2.24) is 20.3 Å². The van der Waals surface area contributed by atoms with Crippen LogP contribution in [-0.4, -0.2) is 39.3 Å². The Bertz CT molecular complexity index is 661. The Kier molecular flexibility index (Phi) is 4.79. The number of rotatable bonds is 5. The second-order valence-corrected chi connectivity index (χ2v) is 6.42. The van der Waals surface area contributed by atoms with E-state index in [1.165, 1.54) is 11.3 Å². The molecule has 2 aromatic rings. The molecule has 23 heavy (non-hydrogen) atoms. The fourth-order valence-electron chi connectivity index (χ4n) is 3.22. The summed E-state index contributed by atoms with van der Waals surface area (Å²) in [4.78, 5) is 14.5. The van der Waals surface area contributed by atoms with Crippen molar-refractivity contribution in [2.24, 2.45) is 5.92 Å². The zero-order chi connectivity index (χ0) is 16.2. The minimum absolute atomic E-state index is 0.0119. The second-order valence-electron chi connectivity index (χ2n) is 6.42. The molecule has 0 aliphatic carbocycles. The van der Waals surface area contributed by atoms with Crippen LogP contribution in [0.25, 0.3) is 0 Å². The van der Waals surface area contributed by atoms with Crippen LogP contribution in [0.15, 0.2) is 16.8 Å². The predicted octanol–water partition coefficient (Wildman–Crippen LogP) is 2.75. The lowest BCUT2D eigenvalue weighted by atomic mass is 9.92. The first-order chi connectivity index (χ1) is 11.2. The van der Waals surface area contributed by atoms with E-state index in [9.17, 15) is 4.79 Å². The molecule has 0 saturated carbocycles. The minimum Gasteiger partial charge on any atom is -0.361 e. The van der Waals surface area contributed by atoms with Gasteiger partial charge in [0.25, 0.3) is 5.91 Å². The number of hydrogen-bond acceptors (Lipinski definition) is 4. The lowest BCUT2D eigenvalue weighted by molar-refractivity contribution is 0.0662. The average Bonchev–Trinajstić information content (AvgIpc) is 3.17. The van der Waals surface area contributed by atoms with Crippen molar-refractivity contribution in [1.29, 1.82) is 0 Å². The number of carbonyl (C=O) groups is 1. The summed E-state index contributed by atoms with van der Waals surface area (Å²) < 4.78 is 5.23. The van der Waals surface area contributed by atoms with E-state index >= 15 is 0 Å². The van der Waals surface area contributed by atoms with E-state index in [2.05, 4.69) is 29.2 Å². The van der Waals surface area contributed by atoms with E-state index in [1.807, 2.05) is 11.1 Å². The third-order valence-electron chi connectivity index (χ3n) is 4.51. The number of nitrogens with zero attached hydrogens (tertiary/aromatic N) is 3. The normalized spacial score (nSPS) is 18.3. The molecule has 2 aromatic heterocycles. The summed E-state index contributed by atoms with van der Waals surface area (Å²) >= 11 is 0. The number of hydrogen-bond donors (Lipinski definition) is 1. The standard InChI is InChI=1S/C17H24N4O2/c1-3-5-14-9-16(20-23-14)17(22)21-7-4-6-13(11-21)8-15-12(2)10-18-19-15/h9-10,13H,3-8,11H2,1-2H3,(H,18,19)/t13-/m0/s1. The summed E-state index contributed by atoms with van der Waals surface area (Å²) in [7, 11) is 0. The van der Waals surface area contributed by atoms with Crippen molar-refractivity contribution in [3.8, 4) is 0 Å². The van der Waals surface area contributed by atoms with Crippen LogP contribution in [0.4, 0.5) is 0 Å². The van der Waals surface area contributed by atoms with Crippen molar-refractivity contribution in [2.45, 2.75) is 46.0 Å². The van der Waals surface area contributed by atoms with Gasteiger partial charge in [-0.15, -0.1) is 0 Å². The molecule has 3 rings (SSSR count). The van der Waals surface area contributed by atoms with E-state index in [0.717, 1.165) is 51.0 Å². The van der Waals surface area contributed by atoms with Crippen LogP contribution in [0.5, 0.6) is 0 Å². The SMILES string of the molecule is CCCc1cc(C(=O)N2CCC[C@@H](Cc3[nH]ncc3C)C2)no1. The molecule has 1 fully saturated rings. The fourth-order valence-corrected chi connectivity index (χ4v) is 3.22. The van der Waals surface area contributed by atoms with Gasteiger partial charge in [0.2, 0.25) is 0 Å². The van der Waals surface area contributed by atoms with E-state index < -0.39 is 0 Å². The smallest absolute Gasteiger partial charge is 0.276 e.